The van der Waals surface area contributed by atoms with Gasteiger partial charge in [0.25, 0.3) is 0 Å². The number of thioether (sulfide) groups is 1. The molecule has 1 unspecified atom stereocenters. The third-order valence-electron chi connectivity index (χ3n) is 3.27. The smallest absolute Gasteiger partial charge is 0.0917 e. The average Bonchev–Trinajstić information content (AvgIpc) is 2.53. The van der Waals surface area contributed by atoms with Crippen molar-refractivity contribution in [3.05, 3.63) is 70.5 Å². The van der Waals surface area contributed by atoms with E-state index in [0.717, 1.165) is 14.0 Å². The van der Waals surface area contributed by atoms with Crippen LogP contribution in [-0.2, 0) is 10.8 Å². The van der Waals surface area contributed by atoms with Crippen LogP contribution in [0.2, 0.25) is 0 Å². The molecule has 0 aliphatic heterocycles. The maximum Gasteiger partial charge on any atom is 0.0917 e. The molecule has 0 aliphatic rings. The van der Waals surface area contributed by atoms with Crippen LogP contribution in [0.3, 0.4) is 0 Å². The van der Waals surface area contributed by atoms with Gasteiger partial charge >= 0.3 is 0 Å². The summed E-state index contributed by atoms with van der Waals surface area (Å²) in [6, 6.07) is 19.8. The van der Waals surface area contributed by atoms with Crippen molar-refractivity contribution in [2.24, 2.45) is 5.92 Å². The Bertz CT molecular complexity index is 631. The highest BCUT2D eigenvalue weighted by atomic mass is 32.2. The molecule has 2 rings (SSSR count). The minimum atomic E-state index is -1.13. The van der Waals surface area contributed by atoms with Crippen molar-refractivity contribution in [1.82, 2.24) is 0 Å². The van der Waals surface area contributed by atoms with Crippen molar-refractivity contribution >= 4 is 22.6 Å². The fourth-order valence-corrected chi connectivity index (χ4v) is 4.68. The zero-order valence-corrected chi connectivity index (χ0v) is 14.2. The molecule has 0 aromatic heterocycles. The fourth-order valence-electron chi connectivity index (χ4n) is 1.75. The number of rotatable bonds is 5. The van der Waals surface area contributed by atoms with Crippen molar-refractivity contribution in [2.75, 3.05) is 0 Å². The molecule has 0 radical (unpaired) electrons. The monoisotopic (exact) mass is 316 g/mol. The molecule has 0 saturated heterocycles. The molecular formula is C18H20OS2. The van der Waals surface area contributed by atoms with E-state index in [1.807, 2.05) is 48.5 Å². The lowest BCUT2D eigenvalue weighted by Gasteiger charge is -2.14. The average molecular weight is 316 g/mol. The summed E-state index contributed by atoms with van der Waals surface area (Å²) in [6.45, 7) is 6.36. The van der Waals surface area contributed by atoms with E-state index in [0.29, 0.717) is 5.92 Å². The third-order valence-corrected chi connectivity index (χ3v) is 6.35. The molecule has 0 heterocycles. The lowest BCUT2D eigenvalue weighted by molar-refractivity contribution is 0.686. The largest absolute Gasteiger partial charge is 0.249 e. The van der Waals surface area contributed by atoms with Gasteiger partial charge in [-0.05, 0) is 42.7 Å². The summed E-state index contributed by atoms with van der Waals surface area (Å²) < 4.78 is 13.9. The molecule has 1 nitrogen and oxygen atoms in total. The van der Waals surface area contributed by atoms with E-state index in [2.05, 4.69) is 32.9 Å². The Morgan fingerprint density at radius 1 is 0.952 bits per heavy atom. The first-order valence-corrected chi connectivity index (χ1v) is 8.96. The topological polar surface area (TPSA) is 17.1 Å². The van der Waals surface area contributed by atoms with Crippen LogP contribution in [-0.4, -0.2) is 4.21 Å². The molecule has 2 aromatic rings. The first-order chi connectivity index (χ1) is 10.1. The van der Waals surface area contributed by atoms with Gasteiger partial charge in [0.15, 0.2) is 0 Å². The van der Waals surface area contributed by atoms with Crippen LogP contribution in [0.5, 0.6) is 0 Å². The van der Waals surface area contributed by atoms with E-state index in [1.54, 1.807) is 11.8 Å². The van der Waals surface area contributed by atoms with Crippen LogP contribution < -0.4 is 0 Å². The molecule has 2 aromatic carbocycles. The Morgan fingerprint density at radius 3 is 2.00 bits per heavy atom. The number of hydrogen-bond acceptors (Lipinski definition) is 2. The fraction of sp³-hybridized carbons (Fsp3) is 0.222. The quantitative estimate of drug-likeness (QED) is 0.680. The Kier molecular flexibility index (Phi) is 5.83. The Labute approximate surface area is 133 Å². The van der Waals surface area contributed by atoms with E-state index in [9.17, 15) is 4.21 Å². The lowest BCUT2D eigenvalue weighted by Crippen LogP contribution is -2.00. The first-order valence-electron chi connectivity index (χ1n) is 7.00. The Hall–Kier alpha value is -1.32. The van der Waals surface area contributed by atoms with Gasteiger partial charge in [0.2, 0.25) is 0 Å². The lowest BCUT2D eigenvalue weighted by atomic mass is 10.1. The number of hydrogen-bond donors (Lipinski definition) is 0. The molecular weight excluding hydrogens is 296 g/mol. The van der Waals surface area contributed by atoms with Crippen LogP contribution in [0.15, 0.2) is 80.3 Å². The molecule has 0 bridgehead atoms. The Morgan fingerprint density at radius 2 is 1.48 bits per heavy atom. The van der Waals surface area contributed by atoms with E-state index in [-0.39, 0.29) is 0 Å². The molecule has 0 aliphatic carbocycles. The van der Waals surface area contributed by atoms with E-state index >= 15 is 0 Å². The minimum absolute atomic E-state index is 0.379. The molecule has 110 valence electrons. The van der Waals surface area contributed by atoms with E-state index in [4.69, 9.17) is 0 Å². The number of allylic oxidation sites excluding steroid dienone is 1. The predicted octanol–water partition coefficient (Wildman–Crippen LogP) is 5.47. The summed E-state index contributed by atoms with van der Waals surface area (Å²) in [5, 5.41) is 0. The second kappa shape index (κ2) is 7.62. The highest BCUT2D eigenvalue weighted by Gasteiger charge is 2.16. The minimum Gasteiger partial charge on any atom is -0.249 e. The molecule has 0 saturated carbocycles. The standard InChI is InChI=1S/C18H20OS2/c1-14(2)15(3)18(20-16-10-6-4-7-11-16)21(19)17-12-8-5-9-13-17/h4-14H,1-3H3/b18-15-. The van der Waals surface area contributed by atoms with Gasteiger partial charge in [0, 0.05) is 9.79 Å². The van der Waals surface area contributed by atoms with Crippen molar-refractivity contribution in [2.45, 2.75) is 30.6 Å². The SMILES string of the molecule is C/C(=C(\Sc1ccccc1)S(=O)c1ccccc1)C(C)C. The van der Waals surface area contributed by atoms with Gasteiger partial charge in [-0.3, -0.25) is 0 Å². The second-order valence-corrected chi connectivity index (χ2v) is 7.88. The summed E-state index contributed by atoms with van der Waals surface area (Å²) >= 11 is 1.61. The predicted molar refractivity (Wildman–Crippen MR) is 92.7 cm³/mol. The highest BCUT2D eigenvalue weighted by molar-refractivity contribution is 8.16. The van der Waals surface area contributed by atoms with Crippen LogP contribution in [0.4, 0.5) is 0 Å². The van der Waals surface area contributed by atoms with Crippen molar-refractivity contribution in [3.63, 3.8) is 0 Å². The van der Waals surface area contributed by atoms with Crippen LogP contribution >= 0.6 is 11.8 Å². The van der Waals surface area contributed by atoms with Gasteiger partial charge in [-0.15, -0.1) is 0 Å². The zero-order valence-electron chi connectivity index (χ0n) is 12.6. The van der Waals surface area contributed by atoms with Crippen molar-refractivity contribution in [3.8, 4) is 0 Å². The molecule has 3 heteroatoms. The molecule has 1 atom stereocenters. The molecule has 0 N–H and O–H groups in total. The second-order valence-electron chi connectivity index (χ2n) is 5.12. The maximum atomic E-state index is 12.9. The summed E-state index contributed by atoms with van der Waals surface area (Å²) in [6.07, 6.45) is 0. The van der Waals surface area contributed by atoms with Crippen LogP contribution in [0.25, 0.3) is 0 Å². The van der Waals surface area contributed by atoms with Gasteiger partial charge in [0.05, 0.1) is 15.0 Å². The third kappa shape index (κ3) is 4.32. The summed E-state index contributed by atoms with van der Waals surface area (Å²) in [7, 11) is -1.13. The van der Waals surface area contributed by atoms with Gasteiger partial charge in [-0.1, -0.05) is 62.0 Å². The van der Waals surface area contributed by atoms with E-state index < -0.39 is 10.8 Å². The first kappa shape index (κ1) is 16.1. The van der Waals surface area contributed by atoms with Gasteiger partial charge in [-0.25, -0.2) is 4.21 Å². The number of benzene rings is 2. The van der Waals surface area contributed by atoms with Gasteiger partial charge < -0.3 is 0 Å². The van der Waals surface area contributed by atoms with Gasteiger partial charge in [0.1, 0.15) is 0 Å². The van der Waals surface area contributed by atoms with Crippen molar-refractivity contribution < 1.29 is 4.21 Å². The van der Waals surface area contributed by atoms with Crippen LogP contribution in [0, 0.1) is 5.92 Å². The maximum absolute atomic E-state index is 12.9. The summed E-state index contributed by atoms with van der Waals surface area (Å²) in [5.74, 6) is 0.379. The molecule has 0 amide bonds. The van der Waals surface area contributed by atoms with Crippen LogP contribution in [0.1, 0.15) is 20.8 Å². The summed E-state index contributed by atoms with van der Waals surface area (Å²) in [4.78, 5) is 1.98. The van der Waals surface area contributed by atoms with E-state index in [1.165, 1.54) is 5.57 Å². The molecule has 0 fully saturated rings. The molecule has 21 heavy (non-hydrogen) atoms. The summed E-state index contributed by atoms with van der Waals surface area (Å²) in [5.41, 5.74) is 1.19. The Balaban J connectivity index is 2.38. The zero-order chi connectivity index (χ0) is 15.2. The molecule has 0 spiro atoms. The normalized spacial score (nSPS) is 13.9. The van der Waals surface area contributed by atoms with Gasteiger partial charge in [-0.2, -0.15) is 0 Å². The highest BCUT2D eigenvalue weighted by Crippen LogP contribution is 2.36. The van der Waals surface area contributed by atoms with Crippen molar-refractivity contribution in [1.29, 1.82) is 0 Å².